The molecule has 21 heavy (non-hydrogen) atoms. The van der Waals surface area contributed by atoms with Gasteiger partial charge in [-0.2, -0.15) is 10.4 Å². The summed E-state index contributed by atoms with van der Waals surface area (Å²) >= 11 is 0. The fourth-order valence-corrected chi connectivity index (χ4v) is 1.92. The number of nitrogens with one attached hydrogen (secondary N) is 1. The van der Waals surface area contributed by atoms with Crippen molar-refractivity contribution in [1.29, 1.82) is 5.26 Å². The first-order valence-corrected chi connectivity index (χ1v) is 6.88. The molecule has 0 aromatic carbocycles. The van der Waals surface area contributed by atoms with Gasteiger partial charge in [0.05, 0.1) is 6.21 Å². The van der Waals surface area contributed by atoms with Crippen LogP contribution in [-0.2, 0) is 0 Å². The molecular formula is C15H17N5O. The van der Waals surface area contributed by atoms with E-state index in [0.29, 0.717) is 5.89 Å². The fraction of sp³-hybridized carbons (Fsp3) is 0.333. The zero-order valence-electron chi connectivity index (χ0n) is 12.1. The molecule has 6 heteroatoms. The van der Waals surface area contributed by atoms with Crippen LogP contribution in [0.15, 0.2) is 34.0 Å². The first-order valence-electron chi connectivity index (χ1n) is 6.88. The van der Waals surface area contributed by atoms with Crippen molar-refractivity contribution in [2.45, 2.75) is 32.6 Å². The van der Waals surface area contributed by atoms with Crippen LogP contribution >= 0.6 is 0 Å². The Hall–Kier alpha value is -2.68. The van der Waals surface area contributed by atoms with Gasteiger partial charge in [0, 0.05) is 18.3 Å². The van der Waals surface area contributed by atoms with Gasteiger partial charge < -0.3 is 4.42 Å². The van der Waals surface area contributed by atoms with Gasteiger partial charge >= 0.3 is 0 Å². The number of hydrogen-bond donors (Lipinski definition) is 1. The maximum absolute atomic E-state index is 9.10. The van der Waals surface area contributed by atoms with Crippen LogP contribution in [0.5, 0.6) is 0 Å². The molecule has 0 spiro atoms. The highest BCUT2D eigenvalue weighted by molar-refractivity contribution is 5.79. The number of nitrogens with zero attached hydrogens (tertiary/aromatic N) is 4. The van der Waals surface area contributed by atoms with Gasteiger partial charge in [0.25, 0.3) is 5.88 Å². The van der Waals surface area contributed by atoms with Gasteiger partial charge in [-0.1, -0.05) is 13.8 Å². The van der Waals surface area contributed by atoms with E-state index in [1.807, 2.05) is 18.2 Å². The second-order valence-electron chi connectivity index (χ2n) is 4.51. The molecule has 0 fully saturated rings. The molecule has 2 rings (SSSR count). The molecule has 6 nitrogen and oxygen atoms in total. The molecule has 0 unspecified atom stereocenters. The maximum atomic E-state index is 9.10. The van der Waals surface area contributed by atoms with Gasteiger partial charge in [0.15, 0.2) is 0 Å². The molecule has 2 heterocycles. The summed E-state index contributed by atoms with van der Waals surface area (Å²) < 4.78 is 5.62. The van der Waals surface area contributed by atoms with E-state index in [0.717, 1.165) is 18.4 Å². The molecule has 0 amide bonds. The Labute approximate surface area is 123 Å². The average Bonchev–Trinajstić information content (AvgIpc) is 2.93. The minimum atomic E-state index is 0.219. The van der Waals surface area contributed by atoms with Gasteiger partial charge in [-0.3, -0.25) is 4.98 Å². The second-order valence-corrected chi connectivity index (χ2v) is 4.51. The number of pyridine rings is 1. The van der Waals surface area contributed by atoms with E-state index in [4.69, 9.17) is 9.68 Å². The highest BCUT2D eigenvalue weighted by Crippen LogP contribution is 2.26. The first kappa shape index (κ1) is 14.7. The third kappa shape index (κ3) is 3.66. The zero-order valence-corrected chi connectivity index (χ0v) is 12.1. The zero-order chi connectivity index (χ0) is 15.1. The lowest BCUT2D eigenvalue weighted by atomic mass is 10.0. The van der Waals surface area contributed by atoms with Crippen LogP contribution in [0.4, 0.5) is 5.88 Å². The van der Waals surface area contributed by atoms with Gasteiger partial charge in [-0.05, 0) is 30.5 Å². The molecule has 0 bridgehead atoms. The van der Waals surface area contributed by atoms with Crippen LogP contribution in [0.25, 0.3) is 0 Å². The van der Waals surface area contributed by atoms with Gasteiger partial charge in [0.2, 0.25) is 11.6 Å². The van der Waals surface area contributed by atoms with E-state index in [1.165, 1.54) is 0 Å². The molecular weight excluding hydrogens is 266 g/mol. The summed E-state index contributed by atoms with van der Waals surface area (Å²) in [7, 11) is 0. The lowest BCUT2D eigenvalue weighted by Crippen LogP contribution is -1.95. The van der Waals surface area contributed by atoms with E-state index in [-0.39, 0.29) is 17.5 Å². The van der Waals surface area contributed by atoms with Crippen molar-refractivity contribution < 1.29 is 4.42 Å². The normalized spacial score (nSPS) is 11.0. The first-order chi connectivity index (χ1) is 10.3. The molecule has 0 saturated heterocycles. The van der Waals surface area contributed by atoms with Gasteiger partial charge in [-0.15, -0.1) is 0 Å². The van der Waals surface area contributed by atoms with Crippen LogP contribution < -0.4 is 5.43 Å². The summed E-state index contributed by atoms with van der Waals surface area (Å²) in [5, 5.41) is 13.2. The van der Waals surface area contributed by atoms with Crippen molar-refractivity contribution >= 4 is 12.1 Å². The van der Waals surface area contributed by atoms with Crippen molar-refractivity contribution in [3.8, 4) is 6.07 Å². The second kappa shape index (κ2) is 7.20. The van der Waals surface area contributed by atoms with E-state index in [9.17, 15) is 0 Å². The van der Waals surface area contributed by atoms with E-state index >= 15 is 0 Å². The predicted molar refractivity (Wildman–Crippen MR) is 80.0 cm³/mol. The fourth-order valence-electron chi connectivity index (χ4n) is 1.92. The monoisotopic (exact) mass is 283 g/mol. The van der Waals surface area contributed by atoms with E-state index < -0.39 is 0 Å². The van der Waals surface area contributed by atoms with Crippen LogP contribution in [0.1, 0.15) is 49.8 Å². The average molecular weight is 283 g/mol. The molecule has 0 atom stereocenters. The summed E-state index contributed by atoms with van der Waals surface area (Å²) in [5.41, 5.74) is 3.86. The minimum absolute atomic E-state index is 0.219. The van der Waals surface area contributed by atoms with Crippen LogP contribution in [0.2, 0.25) is 0 Å². The molecule has 0 radical (unpaired) electrons. The van der Waals surface area contributed by atoms with E-state index in [1.54, 1.807) is 18.6 Å². The number of rotatable bonds is 6. The van der Waals surface area contributed by atoms with Crippen molar-refractivity contribution in [2.75, 3.05) is 5.43 Å². The SMILES string of the molecule is CCC(CC)c1nc(C#N)c(N/N=C/c2ccncc2)o1. The Kier molecular flexibility index (Phi) is 5.04. The van der Waals surface area contributed by atoms with Crippen molar-refractivity contribution in [1.82, 2.24) is 9.97 Å². The van der Waals surface area contributed by atoms with Crippen molar-refractivity contribution in [2.24, 2.45) is 5.10 Å². The number of anilines is 1. The molecule has 0 aliphatic heterocycles. The highest BCUT2D eigenvalue weighted by atomic mass is 16.4. The molecule has 2 aromatic rings. The largest absolute Gasteiger partial charge is 0.422 e. The highest BCUT2D eigenvalue weighted by Gasteiger charge is 2.18. The van der Waals surface area contributed by atoms with Crippen molar-refractivity contribution in [3.05, 3.63) is 41.7 Å². The Morgan fingerprint density at radius 3 is 2.71 bits per heavy atom. The topological polar surface area (TPSA) is 87.1 Å². The van der Waals surface area contributed by atoms with Gasteiger partial charge in [-0.25, -0.2) is 10.4 Å². The Morgan fingerprint density at radius 1 is 1.38 bits per heavy atom. The Balaban J connectivity index is 2.13. The third-order valence-electron chi connectivity index (χ3n) is 3.17. The van der Waals surface area contributed by atoms with Crippen LogP contribution in [0, 0.1) is 11.3 Å². The summed E-state index contributed by atoms with van der Waals surface area (Å²) in [5.74, 6) is 1.08. The third-order valence-corrected chi connectivity index (χ3v) is 3.17. The van der Waals surface area contributed by atoms with E-state index in [2.05, 4.69) is 34.3 Å². The van der Waals surface area contributed by atoms with Crippen LogP contribution in [0.3, 0.4) is 0 Å². The number of hydrazone groups is 1. The predicted octanol–water partition coefficient (Wildman–Crippen LogP) is 3.29. The number of aromatic nitrogens is 2. The smallest absolute Gasteiger partial charge is 0.252 e. The van der Waals surface area contributed by atoms with Gasteiger partial charge in [0.1, 0.15) is 6.07 Å². The number of oxazole rings is 1. The molecule has 2 aromatic heterocycles. The maximum Gasteiger partial charge on any atom is 0.252 e. The lowest BCUT2D eigenvalue weighted by molar-refractivity contribution is 0.439. The molecule has 0 saturated carbocycles. The molecule has 1 N–H and O–H groups in total. The standard InChI is InChI=1S/C15H17N5O/c1-3-12(4-2)14-19-13(9-16)15(21-14)20-18-10-11-5-7-17-8-6-11/h5-8,10,12,20H,3-4H2,1-2H3/b18-10+. The van der Waals surface area contributed by atoms with Crippen molar-refractivity contribution in [3.63, 3.8) is 0 Å². The molecule has 108 valence electrons. The summed E-state index contributed by atoms with van der Waals surface area (Å²) in [6.07, 6.45) is 6.83. The minimum Gasteiger partial charge on any atom is -0.422 e. The van der Waals surface area contributed by atoms with Crippen LogP contribution in [-0.4, -0.2) is 16.2 Å². The lowest BCUT2D eigenvalue weighted by Gasteiger charge is -2.05. The summed E-state index contributed by atoms with van der Waals surface area (Å²) in [6.45, 7) is 4.14. The Bertz CT molecular complexity index is 638. The number of hydrogen-bond acceptors (Lipinski definition) is 6. The quantitative estimate of drug-likeness (QED) is 0.649. The Morgan fingerprint density at radius 2 is 2.10 bits per heavy atom. The molecule has 0 aliphatic rings. The number of nitriles is 1. The summed E-state index contributed by atoms with van der Waals surface area (Å²) in [4.78, 5) is 8.15. The summed E-state index contributed by atoms with van der Waals surface area (Å²) in [6, 6.07) is 5.67. The molecule has 0 aliphatic carbocycles.